The molecule has 0 radical (unpaired) electrons. The zero-order valence-electron chi connectivity index (χ0n) is 15.2. The Morgan fingerprint density at radius 2 is 2.15 bits per heavy atom. The second kappa shape index (κ2) is 8.12. The van der Waals surface area contributed by atoms with Crippen molar-refractivity contribution >= 4 is 45.6 Å². The van der Waals surface area contributed by atoms with Crippen molar-refractivity contribution in [2.45, 2.75) is 25.8 Å². The minimum absolute atomic E-state index is 0. The molecule has 2 saturated heterocycles. The highest BCUT2D eigenvalue weighted by Crippen LogP contribution is 2.34. The van der Waals surface area contributed by atoms with Gasteiger partial charge < -0.3 is 15.1 Å². The number of hydrogen-bond donors (Lipinski definition) is 1. The third-order valence-electron chi connectivity index (χ3n) is 5.35. The molecule has 3 heterocycles. The molecular formula is C19H23ClFN3O2S. The Morgan fingerprint density at radius 1 is 1.33 bits per heavy atom. The Bertz CT molecular complexity index is 872. The number of hydrogen-bond acceptors (Lipinski definition) is 4. The highest BCUT2D eigenvalue weighted by atomic mass is 35.5. The summed E-state index contributed by atoms with van der Waals surface area (Å²) in [6.45, 7) is 4.92. The Morgan fingerprint density at radius 3 is 2.89 bits per heavy atom. The quantitative estimate of drug-likeness (QED) is 0.826. The van der Waals surface area contributed by atoms with Gasteiger partial charge in [0.2, 0.25) is 5.91 Å². The number of carbonyl (C=O) groups excluding carboxylic acids is 2. The summed E-state index contributed by atoms with van der Waals surface area (Å²) in [7, 11) is 0. The van der Waals surface area contributed by atoms with Gasteiger partial charge in [-0.25, -0.2) is 4.39 Å². The molecule has 0 saturated carbocycles. The van der Waals surface area contributed by atoms with Gasteiger partial charge in [-0.1, -0.05) is 6.07 Å². The van der Waals surface area contributed by atoms with Crippen LogP contribution in [0.4, 0.5) is 4.39 Å². The van der Waals surface area contributed by atoms with Gasteiger partial charge in [0, 0.05) is 42.3 Å². The van der Waals surface area contributed by atoms with E-state index >= 15 is 0 Å². The first kappa shape index (κ1) is 20.0. The lowest BCUT2D eigenvalue weighted by Crippen LogP contribution is -2.57. The predicted octanol–water partition coefficient (Wildman–Crippen LogP) is 2.81. The van der Waals surface area contributed by atoms with E-state index in [2.05, 4.69) is 5.32 Å². The highest BCUT2D eigenvalue weighted by Gasteiger charge is 2.33. The lowest BCUT2D eigenvalue weighted by Gasteiger charge is -2.41. The number of amides is 2. The number of aryl methyl sites for hydroxylation is 1. The van der Waals surface area contributed by atoms with Gasteiger partial charge in [-0.15, -0.1) is 23.7 Å². The summed E-state index contributed by atoms with van der Waals surface area (Å²) >= 11 is 1.36. The molecule has 4 rings (SSSR count). The zero-order valence-corrected chi connectivity index (χ0v) is 16.8. The topological polar surface area (TPSA) is 52.7 Å². The van der Waals surface area contributed by atoms with E-state index in [1.807, 2.05) is 22.8 Å². The second-order valence-corrected chi connectivity index (χ2v) is 8.03. The molecule has 27 heavy (non-hydrogen) atoms. The van der Waals surface area contributed by atoms with Crippen LogP contribution in [0, 0.1) is 12.7 Å². The lowest BCUT2D eigenvalue weighted by atomic mass is 10.0. The Hall–Kier alpha value is -1.70. The zero-order chi connectivity index (χ0) is 18.3. The number of nitrogens with zero attached hydrogens (tertiary/aromatic N) is 2. The van der Waals surface area contributed by atoms with Crippen LogP contribution in [0.2, 0.25) is 0 Å². The van der Waals surface area contributed by atoms with E-state index in [-0.39, 0.29) is 36.1 Å². The lowest BCUT2D eigenvalue weighted by molar-refractivity contribution is -0.135. The number of piperidine rings is 1. The summed E-state index contributed by atoms with van der Waals surface area (Å²) in [5, 5.41) is 3.63. The molecule has 1 aromatic heterocycles. The average Bonchev–Trinajstić information content (AvgIpc) is 2.99. The highest BCUT2D eigenvalue weighted by molar-refractivity contribution is 7.21. The molecule has 5 nitrogen and oxygen atoms in total. The van der Waals surface area contributed by atoms with Crippen LogP contribution >= 0.6 is 23.7 Å². The van der Waals surface area contributed by atoms with Gasteiger partial charge in [0.1, 0.15) is 5.82 Å². The van der Waals surface area contributed by atoms with Crippen molar-refractivity contribution in [1.29, 1.82) is 0 Å². The van der Waals surface area contributed by atoms with Gasteiger partial charge in [0.25, 0.3) is 5.91 Å². The van der Waals surface area contributed by atoms with Crippen LogP contribution in [0.15, 0.2) is 18.2 Å². The summed E-state index contributed by atoms with van der Waals surface area (Å²) in [4.78, 5) is 29.6. The number of fused-ring (bicyclic) bond motifs is 1. The third kappa shape index (κ3) is 3.68. The molecule has 2 aromatic rings. The van der Waals surface area contributed by atoms with Gasteiger partial charge in [0.15, 0.2) is 0 Å². The Balaban J connectivity index is 0.00000210. The summed E-state index contributed by atoms with van der Waals surface area (Å²) in [5.74, 6) is -0.218. The minimum atomic E-state index is -0.279. The summed E-state index contributed by atoms with van der Waals surface area (Å²) in [6, 6.07) is 5.04. The maximum atomic E-state index is 14.1. The monoisotopic (exact) mass is 411 g/mol. The van der Waals surface area contributed by atoms with E-state index in [1.54, 1.807) is 6.07 Å². The van der Waals surface area contributed by atoms with Crippen molar-refractivity contribution in [2.24, 2.45) is 0 Å². The van der Waals surface area contributed by atoms with Crippen LogP contribution < -0.4 is 5.32 Å². The van der Waals surface area contributed by atoms with Crippen molar-refractivity contribution in [3.63, 3.8) is 0 Å². The second-order valence-electron chi connectivity index (χ2n) is 6.98. The molecule has 2 aliphatic rings. The summed E-state index contributed by atoms with van der Waals surface area (Å²) in [6.07, 6.45) is 1.81. The van der Waals surface area contributed by atoms with E-state index in [0.29, 0.717) is 42.0 Å². The van der Waals surface area contributed by atoms with Crippen molar-refractivity contribution in [3.05, 3.63) is 34.5 Å². The predicted molar refractivity (Wildman–Crippen MR) is 107 cm³/mol. The fraction of sp³-hybridized carbons (Fsp3) is 0.474. The first-order chi connectivity index (χ1) is 12.6. The van der Waals surface area contributed by atoms with E-state index in [9.17, 15) is 14.0 Å². The number of likely N-dealkylation sites (tertiary alicyclic amines) is 1. The number of piperazine rings is 1. The maximum Gasteiger partial charge on any atom is 0.264 e. The molecule has 0 bridgehead atoms. The number of rotatable bonds is 2. The first-order valence-corrected chi connectivity index (χ1v) is 9.85. The molecule has 0 spiro atoms. The van der Waals surface area contributed by atoms with Crippen molar-refractivity contribution < 1.29 is 14.0 Å². The van der Waals surface area contributed by atoms with Gasteiger partial charge in [0.05, 0.1) is 11.4 Å². The fourth-order valence-corrected chi connectivity index (χ4v) is 5.19. The van der Waals surface area contributed by atoms with Crippen molar-refractivity contribution in [3.8, 4) is 0 Å². The molecule has 1 unspecified atom stereocenters. The van der Waals surface area contributed by atoms with Crippen LogP contribution in [0.5, 0.6) is 0 Å². The summed E-state index contributed by atoms with van der Waals surface area (Å²) < 4.78 is 14.9. The maximum absolute atomic E-state index is 14.1. The van der Waals surface area contributed by atoms with Gasteiger partial charge in [-0.05, 0) is 37.5 Å². The Labute approximate surface area is 167 Å². The minimum Gasteiger partial charge on any atom is -0.336 e. The largest absolute Gasteiger partial charge is 0.336 e. The molecule has 146 valence electrons. The fourth-order valence-electron chi connectivity index (χ4n) is 4.00. The number of carbonyl (C=O) groups is 2. The molecule has 1 N–H and O–H groups in total. The van der Waals surface area contributed by atoms with E-state index < -0.39 is 0 Å². The van der Waals surface area contributed by atoms with Crippen LogP contribution in [-0.4, -0.2) is 60.4 Å². The van der Waals surface area contributed by atoms with Crippen LogP contribution in [0.3, 0.4) is 0 Å². The molecule has 1 atom stereocenters. The molecule has 8 heteroatoms. The number of halogens is 2. The normalized spacial score (nSPS) is 20.7. The molecule has 2 amide bonds. The van der Waals surface area contributed by atoms with E-state index in [4.69, 9.17) is 0 Å². The van der Waals surface area contributed by atoms with Gasteiger partial charge >= 0.3 is 0 Å². The van der Waals surface area contributed by atoms with Crippen LogP contribution in [-0.2, 0) is 4.79 Å². The third-order valence-corrected chi connectivity index (χ3v) is 6.59. The smallest absolute Gasteiger partial charge is 0.264 e. The van der Waals surface area contributed by atoms with Crippen molar-refractivity contribution in [1.82, 2.24) is 15.1 Å². The number of nitrogens with one attached hydrogen (secondary N) is 1. The average molecular weight is 412 g/mol. The van der Waals surface area contributed by atoms with E-state index in [1.165, 1.54) is 17.4 Å². The van der Waals surface area contributed by atoms with Crippen molar-refractivity contribution in [2.75, 3.05) is 32.7 Å². The van der Waals surface area contributed by atoms with Crippen LogP contribution in [0.1, 0.15) is 28.1 Å². The number of thiophene rings is 1. The molecule has 1 aromatic carbocycles. The molecule has 2 aliphatic heterocycles. The van der Waals surface area contributed by atoms with E-state index in [0.717, 1.165) is 24.1 Å². The Kier molecular flexibility index (Phi) is 6.03. The van der Waals surface area contributed by atoms with Gasteiger partial charge in [-0.2, -0.15) is 0 Å². The van der Waals surface area contributed by atoms with Gasteiger partial charge in [-0.3, -0.25) is 9.59 Å². The van der Waals surface area contributed by atoms with Crippen LogP contribution in [0.25, 0.3) is 10.1 Å². The number of benzene rings is 1. The molecular weight excluding hydrogens is 389 g/mol. The molecule has 2 fully saturated rings. The first-order valence-electron chi connectivity index (χ1n) is 9.03. The molecule has 0 aliphatic carbocycles. The SMILES string of the molecule is Cc1c(C(=O)N2CCCC(N3CCNCC3=O)C2)sc2cccc(F)c12.Cl. The standard InChI is InChI=1S/C19H22FN3O2S.ClH/c1-12-17-14(20)5-2-6-15(17)26-18(12)19(25)22-8-3-4-13(11-22)23-9-7-21-10-16(23)24;/h2,5-6,13,21H,3-4,7-11H2,1H3;1H. The summed E-state index contributed by atoms with van der Waals surface area (Å²) in [5.41, 5.74) is 0.716.